The van der Waals surface area contributed by atoms with Crippen LogP contribution in [-0.4, -0.2) is 55.3 Å². The second kappa shape index (κ2) is 12.6. The van der Waals surface area contributed by atoms with Crippen LogP contribution in [0.15, 0.2) is 59.6 Å². The van der Waals surface area contributed by atoms with Crippen molar-refractivity contribution >= 4 is 37.9 Å². The molecule has 0 saturated heterocycles. The molecule has 12 heteroatoms. The van der Waals surface area contributed by atoms with Crippen molar-refractivity contribution in [1.29, 1.82) is 0 Å². The predicted molar refractivity (Wildman–Crippen MR) is 169 cm³/mol. The summed E-state index contributed by atoms with van der Waals surface area (Å²) in [6.07, 6.45) is 2.71. The zero-order valence-corrected chi connectivity index (χ0v) is 26.3. The molecule has 4 aromatic rings. The van der Waals surface area contributed by atoms with E-state index >= 15 is 8.78 Å². The van der Waals surface area contributed by atoms with E-state index < -0.39 is 44.6 Å². The maximum Gasteiger partial charge on any atom is 0.249 e. The van der Waals surface area contributed by atoms with Gasteiger partial charge < -0.3 is 25.8 Å². The Kier molecular flexibility index (Phi) is 8.99. The molecule has 2 atom stereocenters. The fraction of sp³-hybridized carbons (Fsp3) is 0.333. The van der Waals surface area contributed by atoms with Crippen LogP contribution < -0.4 is 15.8 Å². The summed E-state index contributed by atoms with van der Waals surface area (Å²) in [5.41, 5.74) is 7.49. The number of carbonyl (C=O) groups excluding carboxylic acids is 1. The summed E-state index contributed by atoms with van der Waals surface area (Å²) < 4.78 is 63.3. The molecule has 1 amide bonds. The third-order valence-corrected chi connectivity index (χ3v) is 10.6. The third kappa shape index (κ3) is 6.43. The van der Waals surface area contributed by atoms with E-state index in [0.29, 0.717) is 46.1 Å². The number of benzene rings is 3. The average Bonchev–Trinajstić information content (AvgIpc) is 3.86. The molecule has 0 aliphatic heterocycles. The summed E-state index contributed by atoms with van der Waals surface area (Å²) in [7, 11) is -0.781. The number of halogens is 2. The fourth-order valence-corrected chi connectivity index (χ4v) is 7.32. The number of hydrogen-bond donors (Lipinski definition) is 3. The largest absolute Gasteiger partial charge is 0.496 e. The van der Waals surface area contributed by atoms with E-state index in [9.17, 15) is 18.3 Å². The maximum absolute atomic E-state index is 15.9. The van der Waals surface area contributed by atoms with Gasteiger partial charge in [0, 0.05) is 60.2 Å². The van der Waals surface area contributed by atoms with Gasteiger partial charge in [0.25, 0.3) is 0 Å². The van der Waals surface area contributed by atoms with Gasteiger partial charge in [0.15, 0.2) is 9.84 Å². The van der Waals surface area contributed by atoms with E-state index in [-0.39, 0.29) is 35.0 Å². The van der Waals surface area contributed by atoms with Crippen LogP contribution in [0.25, 0.3) is 10.8 Å². The zero-order chi connectivity index (χ0) is 32.6. The van der Waals surface area contributed by atoms with Crippen LogP contribution in [-0.2, 0) is 21.2 Å². The molecule has 5 rings (SSSR count). The van der Waals surface area contributed by atoms with Crippen LogP contribution in [0.1, 0.15) is 54.1 Å². The number of sulfone groups is 1. The van der Waals surface area contributed by atoms with Gasteiger partial charge in [-0.15, -0.1) is 0 Å². The van der Waals surface area contributed by atoms with E-state index in [0.717, 1.165) is 0 Å². The molecule has 1 saturated carbocycles. The number of nitrogens with one attached hydrogen (secondary N) is 1. The lowest BCUT2D eigenvalue weighted by Gasteiger charge is -2.28. The van der Waals surface area contributed by atoms with Gasteiger partial charge in [0.1, 0.15) is 23.4 Å². The minimum Gasteiger partial charge on any atom is -0.496 e. The highest BCUT2D eigenvalue weighted by Gasteiger charge is 2.38. The van der Waals surface area contributed by atoms with Crippen molar-refractivity contribution in [2.24, 2.45) is 0 Å². The van der Waals surface area contributed by atoms with Crippen molar-refractivity contribution < 1.29 is 31.8 Å². The number of hydrogen-bond acceptors (Lipinski definition) is 8. The molecule has 1 aromatic heterocycles. The number of pyridine rings is 1. The number of nitrogens with zero attached hydrogens (tertiary/aromatic N) is 2. The topological polar surface area (TPSA) is 135 Å². The van der Waals surface area contributed by atoms with E-state index in [1.807, 2.05) is 0 Å². The minimum absolute atomic E-state index is 0.0491. The molecule has 1 heterocycles. The standard InChI is InChI=1S/C33H36F2N4O5S/c1-18(17-40)24-13-27(34)26(15-30(24)44-4)32(38-29-12-20-9-10-37-19(2)25(20)14-28(29)35)33(41)39(3)16-21-11-22(36)5-8-31(21)45(42,43)23-6-7-23/h5,8-15,18,23,32,38,40H,6-7,16-17,36H2,1-4H3/t18-,32?/m0/s1. The summed E-state index contributed by atoms with van der Waals surface area (Å²) in [6.45, 7) is 3.03. The number of likely N-dealkylation sites (N-methyl/N-ethyl adjacent to an activating group) is 1. The molecule has 1 aliphatic rings. The molecule has 45 heavy (non-hydrogen) atoms. The molecule has 1 fully saturated rings. The van der Waals surface area contributed by atoms with Gasteiger partial charge in [-0.2, -0.15) is 0 Å². The number of aliphatic hydroxyl groups is 1. The van der Waals surface area contributed by atoms with Crippen LogP contribution in [0.3, 0.4) is 0 Å². The molecule has 9 nitrogen and oxygen atoms in total. The van der Waals surface area contributed by atoms with Gasteiger partial charge >= 0.3 is 0 Å². The maximum atomic E-state index is 15.9. The first-order valence-electron chi connectivity index (χ1n) is 14.5. The first-order chi connectivity index (χ1) is 21.3. The van der Waals surface area contributed by atoms with Crippen molar-refractivity contribution in [2.75, 3.05) is 31.8 Å². The van der Waals surface area contributed by atoms with Crippen LogP contribution in [0.2, 0.25) is 0 Å². The number of carbonyl (C=O) groups is 1. The highest BCUT2D eigenvalue weighted by atomic mass is 32.2. The van der Waals surface area contributed by atoms with Crippen LogP contribution in [0, 0.1) is 18.6 Å². The van der Waals surface area contributed by atoms with Gasteiger partial charge in [-0.05, 0) is 79.2 Å². The first-order valence-corrected chi connectivity index (χ1v) is 16.1. The van der Waals surface area contributed by atoms with Gasteiger partial charge in [0.05, 0.1) is 22.9 Å². The van der Waals surface area contributed by atoms with Crippen LogP contribution in [0.5, 0.6) is 5.75 Å². The van der Waals surface area contributed by atoms with Gasteiger partial charge in [-0.25, -0.2) is 17.2 Å². The minimum atomic E-state index is -3.63. The molecule has 1 aliphatic carbocycles. The highest BCUT2D eigenvalue weighted by molar-refractivity contribution is 7.92. The molecular formula is C33H36F2N4O5S. The van der Waals surface area contributed by atoms with E-state index in [1.54, 1.807) is 26.1 Å². The Morgan fingerprint density at radius 1 is 1.13 bits per heavy atom. The van der Waals surface area contributed by atoms with E-state index in [2.05, 4.69) is 10.3 Å². The van der Waals surface area contributed by atoms with Crippen molar-refractivity contribution in [1.82, 2.24) is 9.88 Å². The predicted octanol–water partition coefficient (Wildman–Crippen LogP) is 5.26. The smallest absolute Gasteiger partial charge is 0.249 e. The summed E-state index contributed by atoms with van der Waals surface area (Å²) >= 11 is 0. The first kappa shape index (κ1) is 32.1. The molecule has 1 unspecified atom stereocenters. The summed E-state index contributed by atoms with van der Waals surface area (Å²) in [5, 5.41) is 13.4. The number of nitrogen functional groups attached to an aromatic ring is 1. The summed E-state index contributed by atoms with van der Waals surface area (Å²) in [4.78, 5) is 19.7. The molecule has 238 valence electrons. The number of aromatic nitrogens is 1. The van der Waals surface area contributed by atoms with Crippen LogP contribution in [0.4, 0.5) is 20.2 Å². The normalized spacial score (nSPS) is 14.6. The van der Waals surface area contributed by atoms with Crippen molar-refractivity contribution in [2.45, 2.75) is 55.3 Å². The Labute approximate surface area is 260 Å². The number of methoxy groups -OCH3 is 1. The van der Waals surface area contributed by atoms with Crippen molar-refractivity contribution in [3.63, 3.8) is 0 Å². The summed E-state index contributed by atoms with van der Waals surface area (Å²) in [5.74, 6) is -2.33. The fourth-order valence-electron chi connectivity index (χ4n) is 5.46. The Balaban J connectivity index is 1.58. The lowest BCUT2D eigenvalue weighted by molar-refractivity contribution is -0.131. The van der Waals surface area contributed by atoms with Gasteiger partial charge in [-0.3, -0.25) is 9.78 Å². The number of aliphatic hydroxyl groups excluding tert-OH is 1. The number of amides is 1. The SMILES string of the molecule is COc1cc(C(Nc2cc3ccnc(C)c3cc2F)C(=O)N(C)Cc2cc(N)ccc2S(=O)(=O)C2CC2)c(F)cc1[C@@H](C)CO. The lowest BCUT2D eigenvalue weighted by atomic mass is 9.95. The van der Waals surface area contributed by atoms with Gasteiger partial charge in [-0.1, -0.05) is 6.92 Å². The Morgan fingerprint density at radius 2 is 1.87 bits per heavy atom. The molecule has 0 spiro atoms. The number of anilines is 2. The molecule has 4 N–H and O–H groups in total. The number of fused-ring (bicyclic) bond motifs is 1. The highest BCUT2D eigenvalue weighted by Crippen LogP contribution is 2.37. The van der Waals surface area contributed by atoms with Crippen LogP contribution >= 0.6 is 0 Å². The third-order valence-electron chi connectivity index (χ3n) is 8.20. The van der Waals surface area contributed by atoms with E-state index in [4.69, 9.17) is 10.5 Å². The molecule has 3 aromatic carbocycles. The summed E-state index contributed by atoms with van der Waals surface area (Å²) in [6, 6.07) is 10.1. The Morgan fingerprint density at radius 3 is 2.53 bits per heavy atom. The van der Waals surface area contributed by atoms with Crippen molar-refractivity contribution in [3.8, 4) is 5.75 Å². The van der Waals surface area contributed by atoms with Gasteiger partial charge in [0.2, 0.25) is 5.91 Å². The number of rotatable bonds is 11. The van der Waals surface area contributed by atoms with Crippen molar-refractivity contribution in [3.05, 3.63) is 88.7 Å². The second-order valence-electron chi connectivity index (χ2n) is 11.5. The lowest BCUT2D eigenvalue weighted by Crippen LogP contribution is -2.36. The zero-order valence-electron chi connectivity index (χ0n) is 25.5. The molecule has 0 bridgehead atoms. The Hall–Kier alpha value is -4.29. The number of nitrogens with two attached hydrogens (primary N) is 1. The average molecular weight is 639 g/mol. The van der Waals surface area contributed by atoms with E-state index in [1.165, 1.54) is 61.5 Å². The molecular weight excluding hydrogens is 602 g/mol. The number of ether oxygens (including phenoxy) is 1. The molecule has 0 radical (unpaired) electrons. The second-order valence-corrected chi connectivity index (χ2v) is 13.7. The monoisotopic (exact) mass is 638 g/mol. The Bertz CT molecular complexity index is 1880. The quantitative estimate of drug-likeness (QED) is 0.190. The number of aryl methyl sites for hydroxylation is 1.